The molecule has 0 radical (unpaired) electrons. The molecule has 3 nitrogen and oxygen atoms in total. The molecule has 0 fully saturated rings. The number of halogens is 1. The summed E-state index contributed by atoms with van der Waals surface area (Å²) in [6, 6.07) is 8.06. The van der Waals surface area contributed by atoms with Gasteiger partial charge < -0.3 is 11.1 Å². The van der Waals surface area contributed by atoms with Crippen LogP contribution in [0.1, 0.15) is 0 Å². The highest BCUT2D eigenvalue weighted by molar-refractivity contribution is 9.09. The Morgan fingerprint density at radius 1 is 1.60 bits per heavy atom. The van der Waals surface area contributed by atoms with E-state index in [0.29, 0.717) is 12.5 Å². The first-order valence-electron chi connectivity index (χ1n) is 4.53. The Kier molecular flexibility index (Phi) is 5.57. The number of thioether (sulfide) groups is 1. The average Bonchev–Trinajstić information content (AvgIpc) is 2.26. The second-order valence-electron chi connectivity index (χ2n) is 2.81. The molecule has 1 aromatic rings. The van der Waals surface area contributed by atoms with Crippen LogP contribution in [0.25, 0.3) is 0 Å². The summed E-state index contributed by atoms with van der Waals surface area (Å²) in [5.74, 6) is 0.452. The number of guanidine groups is 1. The zero-order valence-corrected chi connectivity index (χ0v) is 10.9. The Bertz CT molecular complexity index is 341. The Labute approximate surface area is 103 Å². The molecule has 0 atom stereocenters. The van der Waals surface area contributed by atoms with Gasteiger partial charge in [-0.2, -0.15) is 0 Å². The van der Waals surface area contributed by atoms with Gasteiger partial charge in [-0.25, -0.2) is 0 Å². The Hall–Kier alpha value is -0.680. The van der Waals surface area contributed by atoms with Crippen molar-refractivity contribution in [3.05, 3.63) is 24.3 Å². The predicted molar refractivity (Wildman–Crippen MR) is 72.1 cm³/mol. The molecule has 1 aromatic carbocycles. The van der Waals surface area contributed by atoms with Gasteiger partial charge >= 0.3 is 0 Å². The van der Waals surface area contributed by atoms with Gasteiger partial charge in [0.1, 0.15) is 0 Å². The van der Waals surface area contributed by atoms with Gasteiger partial charge in [0.05, 0.1) is 6.54 Å². The van der Waals surface area contributed by atoms with Crippen LogP contribution in [-0.4, -0.2) is 24.1 Å². The maximum absolute atomic E-state index is 5.69. The minimum absolute atomic E-state index is 0.452. The highest BCUT2D eigenvalue weighted by Crippen LogP contribution is 2.18. The summed E-state index contributed by atoms with van der Waals surface area (Å²) in [6.45, 7) is 0.682. The molecule has 5 heteroatoms. The fourth-order valence-electron chi connectivity index (χ4n) is 1.05. The standard InChI is InChI=1S/C10H14BrN3S/c1-15-9-4-2-3-8(7-9)14-10(12)13-6-5-11/h2-4,7H,5-6H2,1H3,(H3,12,13,14). The van der Waals surface area contributed by atoms with E-state index in [-0.39, 0.29) is 0 Å². The van der Waals surface area contributed by atoms with Crippen molar-refractivity contribution in [3.63, 3.8) is 0 Å². The van der Waals surface area contributed by atoms with Crippen molar-refractivity contribution in [2.75, 3.05) is 23.4 Å². The van der Waals surface area contributed by atoms with Crippen molar-refractivity contribution in [1.82, 2.24) is 0 Å². The van der Waals surface area contributed by atoms with Gasteiger partial charge in [-0.1, -0.05) is 22.0 Å². The van der Waals surface area contributed by atoms with E-state index in [0.717, 1.165) is 11.0 Å². The summed E-state index contributed by atoms with van der Waals surface area (Å²) >= 11 is 4.99. The summed E-state index contributed by atoms with van der Waals surface area (Å²) < 4.78 is 0. The van der Waals surface area contributed by atoms with Crippen molar-refractivity contribution in [3.8, 4) is 0 Å². The number of nitrogens with zero attached hydrogens (tertiary/aromatic N) is 1. The lowest BCUT2D eigenvalue weighted by Crippen LogP contribution is -2.22. The highest BCUT2D eigenvalue weighted by Gasteiger charge is 1.96. The molecule has 0 aromatic heterocycles. The molecule has 0 amide bonds. The van der Waals surface area contributed by atoms with E-state index in [2.05, 4.69) is 32.3 Å². The average molecular weight is 288 g/mol. The lowest BCUT2D eigenvalue weighted by Gasteiger charge is -2.06. The van der Waals surface area contributed by atoms with Crippen LogP contribution in [0.3, 0.4) is 0 Å². The lowest BCUT2D eigenvalue weighted by molar-refractivity contribution is 1.14. The molecule has 0 bridgehead atoms. The van der Waals surface area contributed by atoms with Crippen LogP contribution in [0, 0.1) is 0 Å². The quantitative estimate of drug-likeness (QED) is 0.387. The van der Waals surface area contributed by atoms with Crippen LogP contribution in [-0.2, 0) is 0 Å². The summed E-state index contributed by atoms with van der Waals surface area (Å²) in [7, 11) is 0. The number of hydrogen-bond donors (Lipinski definition) is 2. The number of benzene rings is 1. The molecule has 1 rings (SSSR count). The zero-order chi connectivity index (χ0) is 11.1. The van der Waals surface area contributed by atoms with E-state index in [4.69, 9.17) is 5.73 Å². The summed E-state index contributed by atoms with van der Waals surface area (Å²) in [4.78, 5) is 5.33. The fourth-order valence-corrected chi connectivity index (χ4v) is 1.69. The molecule has 82 valence electrons. The minimum atomic E-state index is 0.452. The number of rotatable bonds is 4. The molecule has 0 saturated carbocycles. The molecular formula is C10H14BrN3S. The maximum Gasteiger partial charge on any atom is 0.193 e. The third-order valence-corrected chi connectivity index (χ3v) is 2.79. The highest BCUT2D eigenvalue weighted by atomic mass is 79.9. The zero-order valence-electron chi connectivity index (χ0n) is 8.53. The van der Waals surface area contributed by atoms with Crippen molar-refractivity contribution in [2.45, 2.75) is 4.90 Å². The van der Waals surface area contributed by atoms with E-state index >= 15 is 0 Å². The second-order valence-corrected chi connectivity index (χ2v) is 4.49. The van der Waals surface area contributed by atoms with Gasteiger partial charge in [-0.15, -0.1) is 11.8 Å². The van der Waals surface area contributed by atoms with Gasteiger partial charge in [-0.3, -0.25) is 4.99 Å². The summed E-state index contributed by atoms with van der Waals surface area (Å²) in [5, 5.41) is 3.86. The molecule has 0 aliphatic heterocycles. The molecule has 0 unspecified atom stereocenters. The predicted octanol–water partition coefficient (Wildman–Crippen LogP) is 2.53. The molecule has 0 spiro atoms. The van der Waals surface area contributed by atoms with Crippen molar-refractivity contribution < 1.29 is 0 Å². The molecule has 15 heavy (non-hydrogen) atoms. The molecule has 0 aliphatic carbocycles. The topological polar surface area (TPSA) is 50.4 Å². The van der Waals surface area contributed by atoms with Crippen LogP contribution < -0.4 is 11.1 Å². The number of hydrogen-bond acceptors (Lipinski definition) is 2. The Morgan fingerprint density at radius 3 is 3.07 bits per heavy atom. The number of nitrogens with one attached hydrogen (secondary N) is 1. The smallest absolute Gasteiger partial charge is 0.193 e. The molecule has 0 heterocycles. The summed E-state index contributed by atoms with van der Waals surface area (Å²) in [6.07, 6.45) is 2.04. The number of nitrogens with two attached hydrogens (primary N) is 1. The number of anilines is 1. The van der Waals surface area contributed by atoms with E-state index in [1.807, 2.05) is 24.5 Å². The van der Waals surface area contributed by atoms with Gasteiger partial charge in [0, 0.05) is 15.9 Å². The van der Waals surface area contributed by atoms with Gasteiger partial charge in [0.25, 0.3) is 0 Å². The first-order chi connectivity index (χ1) is 7.26. The lowest BCUT2D eigenvalue weighted by atomic mass is 10.3. The third kappa shape index (κ3) is 4.57. The summed E-state index contributed by atoms with van der Waals surface area (Å²) in [5.41, 5.74) is 6.66. The van der Waals surface area contributed by atoms with Crippen LogP contribution in [0.5, 0.6) is 0 Å². The van der Waals surface area contributed by atoms with Crippen molar-refractivity contribution in [1.29, 1.82) is 0 Å². The molecular weight excluding hydrogens is 274 g/mol. The van der Waals surface area contributed by atoms with Crippen LogP contribution in [0.2, 0.25) is 0 Å². The first-order valence-corrected chi connectivity index (χ1v) is 6.88. The molecule has 0 saturated heterocycles. The first kappa shape index (κ1) is 12.4. The van der Waals surface area contributed by atoms with Crippen molar-refractivity contribution >= 4 is 39.3 Å². The van der Waals surface area contributed by atoms with E-state index in [1.54, 1.807) is 11.8 Å². The second kappa shape index (κ2) is 6.74. The monoisotopic (exact) mass is 287 g/mol. The largest absolute Gasteiger partial charge is 0.370 e. The van der Waals surface area contributed by atoms with Crippen LogP contribution >= 0.6 is 27.7 Å². The van der Waals surface area contributed by atoms with Gasteiger partial charge in [0.2, 0.25) is 0 Å². The normalized spacial score (nSPS) is 11.5. The Balaban J connectivity index is 2.63. The van der Waals surface area contributed by atoms with Crippen molar-refractivity contribution in [2.24, 2.45) is 10.7 Å². The van der Waals surface area contributed by atoms with E-state index in [1.165, 1.54) is 4.90 Å². The number of alkyl halides is 1. The van der Waals surface area contributed by atoms with Crippen LogP contribution in [0.4, 0.5) is 5.69 Å². The van der Waals surface area contributed by atoms with Crippen LogP contribution in [0.15, 0.2) is 34.2 Å². The fraction of sp³-hybridized carbons (Fsp3) is 0.300. The SMILES string of the molecule is CSc1cccc(NC(N)=NCCBr)c1. The van der Waals surface area contributed by atoms with E-state index in [9.17, 15) is 0 Å². The minimum Gasteiger partial charge on any atom is -0.370 e. The Morgan fingerprint density at radius 2 is 2.40 bits per heavy atom. The number of aliphatic imine (C=N–C) groups is 1. The maximum atomic E-state index is 5.69. The molecule has 3 N–H and O–H groups in total. The molecule has 0 aliphatic rings. The van der Waals surface area contributed by atoms with Gasteiger partial charge in [0.15, 0.2) is 5.96 Å². The van der Waals surface area contributed by atoms with E-state index < -0.39 is 0 Å². The third-order valence-electron chi connectivity index (χ3n) is 1.71. The van der Waals surface area contributed by atoms with Gasteiger partial charge in [-0.05, 0) is 24.5 Å².